The summed E-state index contributed by atoms with van der Waals surface area (Å²) in [5.74, 6) is 0. The molecule has 0 saturated heterocycles. The van der Waals surface area contributed by atoms with Crippen molar-refractivity contribution in [3.8, 4) is 44.5 Å². The molecule has 0 atom stereocenters. The second-order valence-electron chi connectivity index (χ2n) is 15.9. The summed E-state index contributed by atoms with van der Waals surface area (Å²) in [4.78, 5) is 0. The summed E-state index contributed by atoms with van der Waals surface area (Å²) in [5.41, 5.74) is 12.8. The SMILES string of the molecule is c1ccc2c(c1)ccc1cc(-c3c4ccccc4c(-c4ccc(-c5ccc(-c6cccc7c6oc6ccccc67)cc5)c5c4oc4ccccc45)c4ccccc34)ccc12. The van der Waals surface area contributed by atoms with Crippen LogP contribution in [0.1, 0.15) is 0 Å². The number of fused-ring (bicyclic) bond motifs is 11. The van der Waals surface area contributed by atoms with Crippen molar-refractivity contribution >= 4 is 87.0 Å². The van der Waals surface area contributed by atoms with Gasteiger partial charge in [-0.2, -0.15) is 0 Å². The van der Waals surface area contributed by atoms with E-state index in [-0.39, 0.29) is 0 Å². The first-order valence-corrected chi connectivity index (χ1v) is 20.6. The summed E-state index contributed by atoms with van der Waals surface area (Å²) < 4.78 is 13.4. The molecule has 0 N–H and O–H groups in total. The topological polar surface area (TPSA) is 26.3 Å². The van der Waals surface area contributed by atoms with Gasteiger partial charge in [-0.05, 0) is 95.2 Å². The van der Waals surface area contributed by atoms with E-state index in [9.17, 15) is 0 Å². The summed E-state index contributed by atoms with van der Waals surface area (Å²) in [6, 6.07) is 74.5. The number of hydrogen-bond acceptors (Lipinski definition) is 2. The van der Waals surface area contributed by atoms with E-state index in [1.165, 1.54) is 59.8 Å². The van der Waals surface area contributed by atoms with Crippen molar-refractivity contribution in [1.29, 1.82) is 0 Å². The molecule has 0 aliphatic rings. The fourth-order valence-corrected chi connectivity index (χ4v) is 9.97. The van der Waals surface area contributed by atoms with E-state index in [4.69, 9.17) is 8.83 Å². The third kappa shape index (κ3) is 4.82. The highest BCUT2D eigenvalue weighted by Crippen LogP contribution is 2.49. The van der Waals surface area contributed by atoms with Crippen LogP contribution in [-0.2, 0) is 0 Å². The monoisotopic (exact) mass is 762 g/mol. The van der Waals surface area contributed by atoms with Crippen molar-refractivity contribution in [2.75, 3.05) is 0 Å². The fraction of sp³-hybridized carbons (Fsp3) is 0. The molecule has 0 unspecified atom stereocenters. The highest BCUT2D eigenvalue weighted by atomic mass is 16.3. The van der Waals surface area contributed by atoms with E-state index in [1.807, 2.05) is 12.1 Å². The van der Waals surface area contributed by atoms with Crippen LogP contribution in [-0.4, -0.2) is 0 Å². The Morgan fingerprint density at radius 2 is 0.750 bits per heavy atom. The highest BCUT2D eigenvalue weighted by Gasteiger charge is 2.23. The van der Waals surface area contributed by atoms with Gasteiger partial charge in [-0.3, -0.25) is 0 Å². The van der Waals surface area contributed by atoms with Crippen LogP contribution in [0.3, 0.4) is 0 Å². The molecule has 2 heteroatoms. The third-order valence-corrected chi connectivity index (χ3v) is 12.7. The van der Waals surface area contributed by atoms with Gasteiger partial charge < -0.3 is 8.83 Å². The maximum absolute atomic E-state index is 6.95. The van der Waals surface area contributed by atoms with Crippen molar-refractivity contribution < 1.29 is 8.83 Å². The predicted molar refractivity (Wildman–Crippen MR) is 253 cm³/mol. The van der Waals surface area contributed by atoms with Gasteiger partial charge in [0, 0.05) is 38.2 Å². The number of rotatable bonds is 4. The standard InChI is InChI=1S/C58H34O2/c1-2-13-40-35(12-1)28-29-38-34-39(30-31-41(38)40)54-45-15-3-5-17-47(45)55(48-18-6-4-16-46(48)54)51-33-32-42(56-50-19-8-10-23-53(50)60-58(51)56)36-24-26-37(27-25-36)43-20-11-21-49-44-14-7-9-22-52(44)59-57(43)49/h1-34H. The molecule has 2 heterocycles. The van der Waals surface area contributed by atoms with Crippen LogP contribution in [0.25, 0.3) is 131 Å². The van der Waals surface area contributed by atoms with Gasteiger partial charge in [0.2, 0.25) is 0 Å². The number of furan rings is 2. The van der Waals surface area contributed by atoms with Gasteiger partial charge in [0.1, 0.15) is 22.3 Å². The van der Waals surface area contributed by atoms with Crippen molar-refractivity contribution in [3.05, 3.63) is 206 Å². The zero-order chi connectivity index (χ0) is 39.3. The van der Waals surface area contributed by atoms with Gasteiger partial charge in [0.25, 0.3) is 0 Å². The fourth-order valence-electron chi connectivity index (χ4n) is 9.97. The molecule has 0 saturated carbocycles. The molecule has 11 aromatic carbocycles. The van der Waals surface area contributed by atoms with Gasteiger partial charge in [0.15, 0.2) is 0 Å². The smallest absolute Gasteiger partial charge is 0.143 e. The van der Waals surface area contributed by atoms with Crippen LogP contribution >= 0.6 is 0 Å². The normalized spacial score (nSPS) is 12.0. The van der Waals surface area contributed by atoms with E-state index in [0.29, 0.717) is 0 Å². The number of benzene rings is 11. The minimum absolute atomic E-state index is 0.878. The first kappa shape index (κ1) is 33.1. The van der Waals surface area contributed by atoms with E-state index in [2.05, 4.69) is 194 Å². The second-order valence-corrected chi connectivity index (χ2v) is 15.9. The van der Waals surface area contributed by atoms with Crippen molar-refractivity contribution in [2.24, 2.45) is 0 Å². The van der Waals surface area contributed by atoms with Gasteiger partial charge >= 0.3 is 0 Å². The van der Waals surface area contributed by atoms with Gasteiger partial charge in [-0.15, -0.1) is 0 Å². The molecule has 13 rings (SSSR count). The Morgan fingerprint density at radius 1 is 0.250 bits per heavy atom. The van der Waals surface area contributed by atoms with Crippen molar-refractivity contribution in [2.45, 2.75) is 0 Å². The number of para-hydroxylation sites is 3. The largest absolute Gasteiger partial charge is 0.455 e. The Kier molecular flexibility index (Phi) is 7.05. The Bertz CT molecular complexity index is 3820. The maximum atomic E-state index is 6.95. The van der Waals surface area contributed by atoms with Crippen molar-refractivity contribution in [3.63, 3.8) is 0 Å². The molecule has 0 fully saturated rings. The number of hydrogen-bond donors (Lipinski definition) is 0. The zero-order valence-corrected chi connectivity index (χ0v) is 32.4. The van der Waals surface area contributed by atoms with Gasteiger partial charge in [0.05, 0.1) is 0 Å². The van der Waals surface area contributed by atoms with Crippen LogP contribution in [0.5, 0.6) is 0 Å². The Morgan fingerprint density at radius 3 is 1.48 bits per heavy atom. The summed E-state index contributed by atoms with van der Waals surface area (Å²) in [6.07, 6.45) is 0. The zero-order valence-electron chi connectivity index (χ0n) is 32.4. The first-order chi connectivity index (χ1) is 29.8. The quantitative estimate of drug-likeness (QED) is 0.132. The molecule has 60 heavy (non-hydrogen) atoms. The highest BCUT2D eigenvalue weighted by molar-refractivity contribution is 6.26. The summed E-state index contributed by atoms with van der Waals surface area (Å²) in [7, 11) is 0. The van der Waals surface area contributed by atoms with Crippen LogP contribution < -0.4 is 0 Å². The van der Waals surface area contributed by atoms with E-state index < -0.39 is 0 Å². The molecule has 0 radical (unpaired) electrons. The Balaban J connectivity index is 1.01. The van der Waals surface area contributed by atoms with E-state index >= 15 is 0 Å². The molecule has 0 amide bonds. The average Bonchev–Trinajstić information content (AvgIpc) is 3.90. The average molecular weight is 763 g/mol. The molecular weight excluding hydrogens is 729 g/mol. The summed E-state index contributed by atoms with van der Waals surface area (Å²) >= 11 is 0. The van der Waals surface area contributed by atoms with E-state index in [1.54, 1.807) is 0 Å². The van der Waals surface area contributed by atoms with Gasteiger partial charge in [-0.25, -0.2) is 0 Å². The minimum Gasteiger partial charge on any atom is -0.455 e. The molecule has 0 aliphatic carbocycles. The molecule has 278 valence electrons. The lowest BCUT2D eigenvalue weighted by Gasteiger charge is -2.19. The first-order valence-electron chi connectivity index (χ1n) is 20.6. The molecular formula is C58H34O2. The second kappa shape index (κ2) is 12.8. The lowest BCUT2D eigenvalue weighted by Crippen LogP contribution is -1.92. The molecule has 0 spiro atoms. The summed E-state index contributed by atoms with van der Waals surface area (Å²) in [5, 5.41) is 14.4. The van der Waals surface area contributed by atoms with Crippen LogP contribution in [0.2, 0.25) is 0 Å². The predicted octanol–water partition coefficient (Wildman–Crippen LogP) is 16.8. The van der Waals surface area contributed by atoms with Crippen LogP contribution in [0, 0.1) is 0 Å². The van der Waals surface area contributed by atoms with Crippen molar-refractivity contribution in [1.82, 2.24) is 0 Å². The molecule has 0 aliphatic heterocycles. The molecule has 0 bridgehead atoms. The van der Waals surface area contributed by atoms with Crippen LogP contribution in [0.15, 0.2) is 215 Å². The van der Waals surface area contributed by atoms with Gasteiger partial charge in [-0.1, -0.05) is 182 Å². The van der Waals surface area contributed by atoms with Crippen LogP contribution in [0.4, 0.5) is 0 Å². The third-order valence-electron chi connectivity index (χ3n) is 12.7. The minimum atomic E-state index is 0.878. The Labute approximate surface area is 345 Å². The Hall–Kier alpha value is -7.94. The summed E-state index contributed by atoms with van der Waals surface area (Å²) in [6.45, 7) is 0. The lowest BCUT2D eigenvalue weighted by molar-refractivity contribution is 0.669. The van der Waals surface area contributed by atoms with E-state index in [0.717, 1.165) is 71.7 Å². The lowest BCUT2D eigenvalue weighted by atomic mass is 9.84. The molecule has 2 nitrogen and oxygen atoms in total. The molecule has 13 aromatic rings. The molecule has 2 aromatic heterocycles. The maximum Gasteiger partial charge on any atom is 0.143 e.